The Bertz CT molecular complexity index is 694. The first-order valence-electron chi connectivity index (χ1n) is 8.17. The molecule has 0 bridgehead atoms. The van der Waals surface area contributed by atoms with E-state index in [9.17, 15) is 4.79 Å². The van der Waals surface area contributed by atoms with Crippen molar-refractivity contribution in [2.45, 2.75) is 26.4 Å². The molecule has 1 saturated heterocycles. The lowest BCUT2D eigenvalue weighted by Crippen LogP contribution is -2.53. The van der Waals surface area contributed by atoms with Gasteiger partial charge in [-0.1, -0.05) is 5.16 Å². The molecule has 0 saturated carbocycles. The molecule has 0 unspecified atom stereocenters. The van der Waals surface area contributed by atoms with Crippen molar-refractivity contribution in [3.8, 4) is 0 Å². The van der Waals surface area contributed by atoms with Gasteiger partial charge in [-0.25, -0.2) is 4.98 Å². The molecule has 8 nitrogen and oxygen atoms in total. The second-order valence-corrected chi connectivity index (χ2v) is 6.38. The first-order valence-corrected chi connectivity index (χ1v) is 8.17. The van der Waals surface area contributed by atoms with Crippen molar-refractivity contribution in [1.29, 1.82) is 0 Å². The zero-order valence-electron chi connectivity index (χ0n) is 14.4. The third-order valence-corrected chi connectivity index (χ3v) is 4.38. The summed E-state index contributed by atoms with van der Waals surface area (Å²) in [5.41, 5.74) is 0. The number of anilines is 1. The van der Waals surface area contributed by atoms with E-state index in [1.165, 1.54) is 0 Å². The van der Waals surface area contributed by atoms with Crippen molar-refractivity contribution >= 4 is 11.7 Å². The summed E-state index contributed by atoms with van der Waals surface area (Å²) in [6.07, 6.45) is 3.79. The van der Waals surface area contributed by atoms with Crippen LogP contribution >= 0.6 is 0 Å². The molecule has 0 spiro atoms. The highest BCUT2D eigenvalue weighted by atomic mass is 16.5. The van der Waals surface area contributed by atoms with Crippen LogP contribution in [0.15, 0.2) is 23.0 Å². The number of nitrogens with one attached hydrogen (secondary N) is 1. The Balaban J connectivity index is 1.48. The van der Waals surface area contributed by atoms with E-state index in [-0.39, 0.29) is 5.91 Å². The molecule has 3 rings (SSSR count). The van der Waals surface area contributed by atoms with Crippen LogP contribution in [0.2, 0.25) is 0 Å². The largest absolute Gasteiger partial charge is 0.360 e. The van der Waals surface area contributed by atoms with Crippen molar-refractivity contribution in [1.82, 2.24) is 24.5 Å². The van der Waals surface area contributed by atoms with Crippen molar-refractivity contribution in [3.63, 3.8) is 0 Å². The van der Waals surface area contributed by atoms with E-state index >= 15 is 0 Å². The molecule has 24 heavy (non-hydrogen) atoms. The van der Waals surface area contributed by atoms with Crippen molar-refractivity contribution in [3.05, 3.63) is 30.0 Å². The number of imidazole rings is 1. The smallest absolute Gasteiger partial charge is 0.239 e. The van der Waals surface area contributed by atoms with Gasteiger partial charge in [0.2, 0.25) is 5.91 Å². The molecule has 8 heteroatoms. The third kappa shape index (κ3) is 4.01. The van der Waals surface area contributed by atoms with E-state index in [0.717, 1.165) is 32.0 Å². The van der Waals surface area contributed by atoms with E-state index in [1.54, 1.807) is 13.0 Å². The van der Waals surface area contributed by atoms with Crippen molar-refractivity contribution < 1.29 is 9.32 Å². The maximum Gasteiger partial charge on any atom is 0.239 e. The number of rotatable bonds is 5. The van der Waals surface area contributed by atoms with Gasteiger partial charge in [0, 0.05) is 51.2 Å². The molecular formula is C16H24N6O2. The number of hydrogen-bond donors (Lipinski definition) is 1. The Morgan fingerprint density at radius 1 is 1.46 bits per heavy atom. The molecule has 1 aliphatic rings. The van der Waals surface area contributed by atoms with Gasteiger partial charge in [-0.15, -0.1) is 0 Å². The number of aryl methyl sites for hydroxylation is 2. The second-order valence-electron chi connectivity index (χ2n) is 6.38. The minimum Gasteiger partial charge on any atom is -0.360 e. The lowest BCUT2D eigenvalue weighted by Gasteiger charge is -2.39. The monoisotopic (exact) mass is 332 g/mol. The Morgan fingerprint density at radius 2 is 2.29 bits per heavy atom. The van der Waals surface area contributed by atoms with Gasteiger partial charge in [0.05, 0.1) is 13.1 Å². The summed E-state index contributed by atoms with van der Waals surface area (Å²) in [6.45, 7) is 7.83. The van der Waals surface area contributed by atoms with Crippen molar-refractivity contribution in [2.75, 3.05) is 31.5 Å². The first kappa shape index (κ1) is 16.7. The number of piperazine rings is 1. The predicted molar refractivity (Wildman–Crippen MR) is 89.4 cm³/mol. The van der Waals surface area contributed by atoms with E-state index in [4.69, 9.17) is 4.52 Å². The molecule has 2 aromatic rings. The Kier molecular flexibility index (Phi) is 4.96. The zero-order chi connectivity index (χ0) is 17.1. The highest BCUT2D eigenvalue weighted by Crippen LogP contribution is 2.13. The van der Waals surface area contributed by atoms with Gasteiger partial charge in [0.1, 0.15) is 11.6 Å². The molecule has 0 aromatic carbocycles. The van der Waals surface area contributed by atoms with Crippen LogP contribution in [0.25, 0.3) is 0 Å². The van der Waals surface area contributed by atoms with Crippen LogP contribution in [-0.2, 0) is 18.4 Å². The topological polar surface area (TPSA) is 79.4 Å². The van der Waals surface area contributed by atoms with Crippen LogP contribution < -0.4 is 5.32 Å². The fraction of sp³-hybridized carbons (Fsp3) is 0.562. The Hall–Kier alpha value is -2.19. The number of carbonyl (C=O) groups is 1. The van der Waals surface area contributed by atoms with Gasteiger partial charge < -0.3 is 14.4 Å². The van der Waals surface area contributed by atoms with E-state index in [1.807, 2.05) is 24.0 Å². The molecule has 1 aliphatic heterocycles. The summed E-state index contributed by atoms with van der Waals surface area (Å²) in [7, 11) is 2.01. The number of amides is 1. The third-order valence-electron chi connectivity index (χ3n) is 4.38. The van der Waals surface area contributed by atoms with Gasteiger partial charge in [0.25, 0.3) is 0 Å². The molecular weight excluding hydrogens is 308 g/mol. The fourth-order valence-electron chi connectivity index (χ4n) is 2.99. The molecule has 1 N–H and O–H groups in total. The lowest BCUT2D eigenvalue weighted by atomic mass is 10.2. The van der Waals surface area contributed by atoms with Gasteiger partial charge in [-0.05, 0) is 13.8 Å². The summed E-state index contributed by atoms with van der Waals surface area (Å²) in [5.74, 6) is 2.16. The normalized spacial score (nSPS) is 19.5. The van der Waals surface area contributed by atoms with Crippen LogP contribution in [-0.4, -0.2) is 62.6 Å². The predicted octanol–water partition coefficient (Wildman–Crippen LogP) is 0.861. The fourth-order valence-corrected chi connectivity index (χ4v) is 2.99. The van der Waals surface area contributed by atoms with Crippen LogP contribution in [0.1, 0.15) is 18.5 Å². The summed E-state index contributed by atoms with van der Waals surface area (Å²) in [5, 5.41) is 6.55. The van der Waals surface area contributed by atoms with Crippen LogP contribution in [0.4, 0.5) is 5.82 Å². The highest BCUT2D eigenvalue weighted by molar-refractivity contribution is 5.91. The van der Waals surface area contributed by atoms with Crippen LogP contribution in [0.5, 0.6) is 0 Å². The molecule has 0 radical (unpaired) electrons. The Morgan fingerprint density at radius 3 is 2.92 bits per heavy atom. The number of hydrogen-bond acceptors (Lipinski definition) is 6. The molecule has 0 aliphatic carbocycles. The van der Waals surface area contributed by atoms with Gasteiger partial charge in [-0.2, -0.15) is 0 Å². The van der Waals surface area contributed by atoms with Gasteiger partial charge >= 0.3 is 0 Å². The molecule has 2 aromatic heterocycles. The standard InChI is InChI=1S/C16H24N6O2/c1-12-9-21(11-16(23)18-14-8-13(2)24-19-14)6-7-22(12)10-15-17-4-5-20(15)3/h4-5,8,12H,6-7,9-11H2,1-3H3,(H,18,19,23)/t12-/m1/s1. The summed E-state index contributed by atoms with van der Waals surface area (Å²) in [6, 6.07) is 2.09. The molecule has 3 heterocycles. The quantitative estimate of drug-likeness (QED) is 0.875. The maximum absolute atomic E-state index is 12.1. The average Bonchev–Trinajstić information content (AvgIpc) is 3.11. The zero-order valence-corrected chi connectivity index (χ0v) is 14.4. The van der Waals surface area contributed by atoms with E-state index < -0.39 is 0 Å². The minimum atomic E-state index is -0.0620. The number of carbonyl (C=O) groups excluding carboxylic acids is 1. The first-order chi connectivity index (χ1) is 11.5. The van der Waals surface area contributed by atoms with E-state index in [2.05, 4.69) is 32.2 Å². The van der Waals surface area contributed by atoms with Gasteiger partial charge in [-0.3, -0.25) is 14.6 Å². The number of nitrogens with zero attached hydrogens (tertiary/aromatic N) is 5. The molecule has 1 fully saturated rings. The SMILES string of the molecule is Cc1cc(NC(=O)CN2CCN(Cc3nccn3C)[C@H](C)C2)no1. The van der Waals surface area contributed by atoms with E-state index in [0.29, 0.717) is 24.2 Å². The second kappa shape index (κ2) is 7.14. The van der Waals surface area contributed by atoms with Crippen LogP contribution in [0.3, 0.4) is 0 Å². The molecule has 1 atom stereocenters. The van der Waals surface area contributed by atoms with Crippen molar-refractivity contribution in [2.24, 2.45) is 7.05 Å². The highest BCUT2D eigenvalue weighted by Gasteiger charge is 2.25. The summed E-state index contributed by atoms with van der Waals surface area (Å²) in [4.78, 5) is 21.1. The average molecular weight is 332 g/mol. The Labute approximate surface area is 141 Å². The lowest BCUT2D eigenvalue weighted by molar-refractivity contribution is -0.118. The summed E-state index contributed by atoms with van der Waals surface area (Å²) >= 11 is 0. The maximum atomic E-state index is 12.1. The minimum absolute atomic E-state index is 0.0620. The molecule has 130 valence electrons. The molecule has 1 amide bonds. The summed E-state index contributed by atoms with van der Waals surface area (Å²) < 4.78 is 7.00. The number of aromatic nitrogens is 3. The van der Waals surface area contributed by atoms with Crippen LogP contribution in [0, 0.1) is 6.92 Å². The van der Waals surface area contributed by atoms with Gasteiger partial charge in [0.15, 0.2) is 5.82 Å².